The molecule has 1 heterocycles. The van der Waals surface area contributed by atoms with Crippen LogP contribution in [0.2, 0.25) is 0 Å². The normalized spacial score (nSPS) is 10.3. The molecule has 81 valence electrons. The second-order valence-corrected chi connectivity index (χ2v) is 3.72. The number of hydrogen-bond acceptors (Lipinski definition) is 1. The van der Waals surface area contributed by atoms with Gasteiger partial charge in [0.1, 0.15) is 0 Å². The van der Waals surface area contributed by atoms with E-state index in [-0.39, 0.29) is 20.1 Å². The number of hydrogen-bond donors (Lipinski definition) is 0. The molecule has 2 heteroatoms. The summed E-state index contributed by atoms with van der Waals surface area (Å²) in [5.41, 5.74) is 2.31. The summed E-state index contributed by atoms with van der Waals surface area (Å²) in [6, 6.07) is 15.6. The molecule has 0 aliphatic heterocycles. The van der Waals surface area contributed by atoms with Crippen molar-refractivity contribution in [1.29, 1.82) is 0 Å². The Bertz CT molecular complexity index is 646. The van der Waals surface area contributed by atoms with Gasteiger partial charge in [0.15, 0.2) is 0 Å². The van der Waals surface area contributed by atoms with Gasteiger partial charge in [0.05, 0.1) is 0 Å². The first-order chi connectivity index (χ1) is 7.36. The molecule has 1 aromatic heterocycles. The number of pyridine rings is 1. The van der Waals surface area contributed by atoms with E-state index >= 15 is 0 Å². The Hall–Kier alpha value is -1.24. The van der Waals surface area contributed by atoms with Gasteiger partial charge in [-0.2, -0.15) is 0 Å². The Morgan fingerprint density at radius 2 is 2.00 bits per heavy atom. The third kappa shape index (κ3) is 1.64. The second-order valence-electron chi connectivity index (χ2n) is 3.72. The van der Waals surface area contributed by atoms with Crippen LogP contribution in [0.25, 0.3) is 21.7 Å². The molecule has 0 bridgehead atoms. The Labute approximate surface area is 108 Å². The van der Waals surface area contributed by atoms with Gasteiger partial charge in [-0.15, -0.1) is 34.5 Å². The summed E-state index contributed by atoms with van der Waals surface area (Å²) in [6.07, 6.45) is 1.83. The molecule has 1 radical (unpaired) electrons. The molecule has 0 unspecified atom stereocenters. The monoisotopic (exact) mass is 385 g/mol. The molecule has 0 fully saturated rings. The number of nitrogens with zero attached hydrogens (tertiary/aromatic N) is 1. The number of aryl methyl sites for hydroxylation is 1. The van der Waals surface area contributed by atoms with Crippen LogP contribution >= 0.6 is 0 Å². The van der Waals surface area contributed by atoms with Crippen molar-refractivity contribution in [3.8, 4) is 0 Å². The summed E-state index contributed by atoms with van der Waals surface area (Å²) in [7, 11) is 0. The van der Waals surface area contributed by atoms with Crippen LogP contribution in [0.15, 0.2) is 42.6 Å². The zero-order valence-corrected chi connectivity index (χ0v) is 11.2. The zero-order chi connectivity index (χ0) is 10.3. The van der Waals surface area contributed by atoms with Crippen LogP contribution in [0.5, 0.6) is 0 Å². The van der Waals surface area contributed by atoms with Crippen molar-refractivity contribution in [3.63, 3.8) is 0 Å². The number of benzene rings is 2. The number of aromatic nitrogens is 1. The molecule has 1 nitrogen and oxygen atoms in total. The molecule has 0 spiro atoms. The van der Waals surface area contributed by atoms with Crippen LogP contribution in [0.1, 0.15) is 5.56 Å². The van der Waals surface area contributed by atoms with E-state index in [1.165, 1.54) is 16.3 Å². The first-order valence-electron chi connectivity index (χ1n) is 5.01. The van der Waals surface area contributed by atoms with Crippen molar-refractivity contribution < 1.29 is 20.1 Å². The van der Waals surface area contributed by atoms with Crippen molar-refractivity contribution in [2.24, 2.45) is 0 Å². The fraction of sp³-hybridized carbons (Fsp3) is 0.0714. The smallest absolute Gasteiger partial charge is 0.0161 e. The molecular weight excluding hydrogens is 374 g/mol. The Morgan fingerprint density at radius 1 is 1.12 bits per heavy atom. The Morgan fingerprint density at radius 3 is 2.88 bits per heavy atom. The van der Waals surface area contributed by atoms with E-state index in [0.29, 0.717) is 0 Å². The van der Waals surface area contributed by atoms with Gasteiger partial charge in [-0.25, -0.2) is 0 Å². The van der Waals surface area contributed by atoms with Crippen LogP contribution in [0.4, 0.5) is 0 Å². The van der Waals surface area contributed by atoms with Crippen molar-refractivity contribution in [2.75, 3.05) is 0 Å². The van der Waals surface area contributed by atoms with Gasteiger partial charge in [-0.3, -0.25) is 0 Å². The minimum absolute atomic E-state index is 0. The van der Waals surface area contributed by atoms with Gasteiger partial charge in [0.25, 0.3) is 0 Å². The minimum atomic E-state index is 0. The predicted molar refractivity (Wildman–Crippen MR) is 62.8 cm³/mol. The predicted octanol–water partition coefficient (Wildman–Crippen LogP) is 3.49. The quantitative estimate of drug-likeness (QED) is 0.427. The van der Waals surface area contributed by atoms with Gasteiger partial charge in [0, 0.05) is 26.3 Å². The van der Waals surface area contributed by atoms with Crippen LogP contribution < -0.4 is 0 Å². The van der Waals surface area contributed by atoms with Gasteiger partial charge in [-0.05, 0) is 17.0 Å². The molecule has 0 atom stereocenters. The second kappa shape index (κ2) is 4.32. The van der Waals surface area contributed by atoms with Crippen LogP contribution in [0.3, 0.4) is 0 Å². The number of fused-ring (bicyclic) bond motifs is 3. The molecule has 3 aromatic rings. The van der Waals surface area contributed by atoms with E-state index in [0.717, 1.165) is 10.9 Å². The minimum Gasteiger partial charge on any atom is -0.304 e. The van der Waals surface area contributed by atoms with Crippen molar-refractivity contribution in [2.45, 2.75) is 6.92 Å². The van der Waals surface area contributed by atoms with E-state index in [9.17, 15) is 0 Å². The Balaban J connectivity index is 0.000000963. The van der Waals surface area contributed by atoms with Crippen molar-refractivity contribution >= 4 is 21.7 Å². The van der Waals surface area contributed by atoms with E-state index in [1.54, 1.807) is 0 Å². The molecule has 0 aliphatic rings. The van der Waals surface area contributed by atoms with Gasteiger partial charge >= 0.3 is 0 Å². The van der Waals surface area contributed by atoms with Crippen LogP contribution in [-0.4, -0.2) is 4.98 Å². The van der Waals surface area contributed by atoms with Gasteiger partial charge in [-0.1, -0.05) is 25.1 Å². The summed E-state index contributed by atoms with van der Waals surface area (Å²) in [6.45, 7) is 2.12. The maximum absolute atomic E-state index is 4.42. The van der Waals surface area contributed by atoms with E-state index in [4.69, 9.17) is 0 Å². The molecule has 0 aliphatic carbocycles. The summed E-state index contributed by atoms with van der Waals surface area (Å²) in [5.74, 6) is 0. The summed E-state index contributed by atoms with van der Waals surface area (Å²) in [5, 5.41) is 3.53. The number of rotatable bonds is 0. The standard InChI is InChI=1S/C14H10N.Ir/c1-10-4-2-6-13-12(10)8-7-11-5-3-9-15-14(11)13;/h2-5,7-9H,1H3;/q-1;. The van der Waals surface area contributed by atoms with Crippen LogP contribution in [-0.2, 0) is 20.1 Å². The third-order valence-corrected chi connectivity index (χ3v) is 2.76. The van der Waals surface area contributed by atoms with E-state index in [1.807, 2.05) is 18.3 Å². The first kappa shape index (κ1) is 11.3. The largest absolute Gasteiger partial charge is 0.304 e. The Kier molecular flexibility index (Phi) is 3.04. The molecule has 0 N–H and O–H groups in total. The first-order valence-corrected chi connectivity index (χ1v) is 5.01. The summed E-state index contributed by atoms with van der Waals surface area (Å²) in [4.78, 5) is 4.42. The average molecular weight is 384 g/mol. The fourth-order valence-corrected chi connectivity index (χ4v) is 1.96. The molecule has 0 saturated heterocycles. The van der Waals surface area contributed by atoms with E-state index in [2.05, 4.69) is 42.2 Å². The van der Waals surface area contributed by atoms with E-state index < -0.39 is 0 Å². The molecule has 0 saturated carbocycles. The van der Waals surface area contributed by atoms with Gasteiger partial charge in [0.2, 0.25) is 0 Å². The molecule has 2 aromatic carbocycles. The maximum atomic E-state index is 4.42. The molecule has 0 amide bonds. The topological polar surface area (TPSA) is 12.9 Å². The fourth-order valence-electron chi connectivity index (χ4n) is 1.96. The van der Waals surface area contributed by atoms with Crippen molar-refractivity contribution in [1.82, 2.24) is 4.98 Å². The molecule has 16 heavy (non-hydrogen) atoms. The third-order valence-electron chi connectivity index (χ3n) is 2.76. The van der Waals surface area contributed by atoms with Crippen LogP contribution in [0, 0.1) is 13.0 Å². The SMILES string of the molecule is Cc1cc[c-]c2c1ccc1cccnc12.[Ir]. The van der Waals surface area contributed by atoms with Gasteiger partial charge < -0.3 is 4.98 Å². The summed E-state index contributed by atoms with van der Waals surface area (Å²) >= 11 is 0. The molecular formula is C14H10IrN-. The van der Waals surface area contributed by atoms with Crippen molar-refractivity contribution in [3.05, 3.63) is 54.2 Å². The summed E-state index contributed by atoms with van der Waals surface area (Å²) < 4.78 is 0. The zero-order valence-electron chi connectivity index (χ0n) is 8.82. The molecule has 3 rings (SSSR count). The average Bonchev–Trinajstić information content (AvgIpc) is 2.29. The maximum Gasteiger partial charge on any atom is 0.0161 e.